The predicted octanol–water partition coefficient (Wildman–Crippen LogP) is 3.73. The molecule has 1 unspecified atom stereocenters. The zero-order valence-electron chi connectivity index (χ0n) is 17.0. The van der Waals surface area contributed by atoms with Gasteiger partial charge in [0.15, 0.2) is 0 Å². The quantitative estimate of drug-likeness (QED) is 0.664. The molecule has 28 heavy (non-hydrogen) atoms. The second-order valence-electron chi connectivity index (χ2n) is 6.88. The van der Waals surface area contributed by atoms with Crippen LogP contribution in [-0.4, -0.2) is 35.2 Å². The zero-order chi connectivity index (χ0) is 20.7. The van der Waals surface area contributed by atoms with Gasteiger partial charge in [0.25, 0.3) is 0 Å². The molecule has 1 aromatic carbocycles. The Bertz CT molecular complexity index is 802. The Hall–Kier alpha value is -2.48. The van der Waals surface area contributed by atoms with Crippen LogP contribution in [0.1, 0.15) is 40.5 Å². The van der Waals surface area contributed by atoms with Crippen molar-refractivity contribution >= 4 is 28.3 Å². The van der Waals surface area contributed by atoms with Gasteiger partial charge in [0.1, 0.15) is 16.8 Å². The molecule has 2 aromatic rings. The maximum absolute atomic E-state index is 12.7. The van der Waals surface area contributed by atoms with E-state index in [9.17, 15) is 9.59 Å². The van der Waals surface area contributed by atoms with E-state index >= 15 is 0 Å². The van der Waals surface area contributed by atoms with Gasteiger partial charge in [0.05, 0.1) is 7.11 Å². The molecule has 1 heterocycles. The van der Waals surface area contributed by atoms with Crippen molar-refractivity contribution in [2.75, 3.05) is 12.4 Å². The topological polar surface area (TPSA) is 93.2 Å². The van der Waals surface area contributed by atoms with Crippen molar-refractivity contribution in [1.29, 1.82) is 0 Å². The second kappa shape index (κ2) is 10.2. The number of benzene rings is 1. The molecule has 0 aliphatic carbocycles. The summed E-state index contributed by atoms with van der Waals surface area (Å²) in [5.41, 5.74) is 0.861. The minimum Gasteiger partial charge on any atom is -0.497 e. The first kappa shape index (κ1) is 21.8. The van der Waals surface area contributed by atoms with Gasteiger partial charge in [-0.25, -0.2) is 0 Å². The summed E-state index contributed by atoms with van der Waals surface area (Å²) in [5.74, 6) is 0.206. The minimum atomic E-state index is -0.628. The summed E-state index contributed by atoms with van der Waals surface area (Å²) in [6.45, 7) is 7.75. The zero-order valence-corrected chi connectivity index (χ0v) is 17.8. The van der Waals surface area contributed by atoms with Gasteiger partial charge in [0, 0.05) is 11.5 Å². The average Bonchev–Trinajstić information content (AvgIpc) is 3.15. The number of nitrogens with one attached hydrogen (secondary N) is 2. The molecule has 2 rings (SSSR count). The van der Waals surface area contributed by atoms with Crippen molar-refractivity contribution in [3.63, 3.8) is 0 Å². The molecule has 2 N–H and O–H groups in total. The highest BCUT2D eigenvalue weighted by Crippen LogP contribution is 2.29. The number of ether oxygens (including phenoxy) is 1. The van der Waals surface area contributed by atoms with Crippen LogP contribution in [0.5, 0.6) is 5.75 Å². The minimum absolute atomic E-state index is 0.0518. The van der Waals surface area contributed by atoms with Gasteiger partial charge < -0.3 is 10.1 Å². The summed E-state index contributed by atoms with van der Waals surface area (Å²) < 4.78 is 5.23. The highest BCUT2D eigenvalue weighted by Gasteiger charge is 2.27. The molecule has 152 valence electrons. The highest BCUT2D eigenvalue weighted by molar-refractivity contribution is 7.18. The lowest BCUT2D eigenvalue weighted by atomic mass is 9.99. The summed E-state index contributed by atoms with van der Waals surface area (Å²) in [6.07, 6.45) is 1.49. The summed E-state index contributed by atoms with van der Waals surface area (Å²) >= 11 is 1.27. The number of hydrogen-bond acceptors (Lipinski definition) is 6. The third-order valence-electron chi connectivity index (χ3n) is 4.58. The molecule has 0 spiro atoms. The first-order chi connectivity index (χ1) is 13.4. The van der Waals surface area contributed by atoms with E-state index in [4.69, 9.17) is 4.74 Å². The Morgan fingerprint density at radius 1 is 1.14 bits per heavy atom. The Morgan fingerprint density at radius 2 is 1.86 bits per heavy atom. The van der Waals surface area contributed by atoms with Crippen LogP contribution in [0.3, 0.4) is 0 Å². The van der Waals surface area contributed by atoms with E-state index in [-0.39, 0.29) is 23.7 Å². The van der Waals surface area contributed by atoms with Crippen LogP contribution in [-0.2, 0) is 9.59 Å². The standard InChI is InChI=1S/C20H28N4O3S/c1-6-13(7-2)17(25)21-16(12(3)4)18(26)22-20-24-23-19(28-20)14-9-8-10-15(11-14)27-5/h8-13,16H,6-7H2,1-5H3,(H,21,25)(H,22,24,26). The summed E-state index contributed by atoms with van der Waals surface area (Å²) in [7, 11) is 1.60. The molecule has 8 heteroatoms. The molecule has 0 fully saturated rings. The molecule has 0 aliphatic rings. The molecule has 1 aromatic heterocycles. The van der Waals surface area contributed by atoms with E-state index in [1.165, 1.54) is 11.3 Å². The fourth-order valence-electron chi connectivity index (χ4n) is 2.80. The Kier molecular flexibility index (Phi) is 7.92. The molecule has 7 nitrogen and oxygen atoms in total. The lowest BCUT2D eigenvalue weighted by molar-refractivity contribution is -0.130. The number of aromatic nitrogens is 2. The number of carbonyl (C=O) groups is 2. The Balaban J connectivity index is 2.09. The van der Waals surface area contributed by atoms with Crippen LogP contribution in [0.2, 0.25) is 0 Å². The third-order valence-corrected chi connectivity index (χ3v) is 5.46. The maximum Gasteiger partial charge on any atom is 0.249 e. The van der Waals surface area contributed by atoms with Crippen molar-refractivity contribution in [3.8, 4) is 16.3 Å². The average molecular weight is 405 g/mol. The number of anilines is 1. The number of nitrogens with zero attached hydrogens (tertiary/aromatic N) is 2. The van der Waals surface area contributed by atoms with Crippen LogP contribution < -0.4 is 15.4 Å². The first-order valence-corrected chi connectivity index (χ1v) is 10.3. The van der Waals surface area contributed by atoms with Crippen LogP contribution in [0.15, 0.2) is 24.3 Å². The van der Waals surface area contributed by atoms with Gasteiger partial charge in [-0.2, -0.15) is 0 Å². The SMILES string of the molecule is CCC(CC)C(=O)NC(C(=O)Nc1nnc(-c2cccc(OC)c2)s1)C(C)C. The van der Waals surface area contributed by atoms with Gasteiger partial charge in [-0.1, -0.05) is 51.2 Å². The smallest absolute Gasteiger partial charge is 0.249 e. The van der Waals surface area contributed by atoms with E-state index in [1.807, 2.05) is 52.0 Å². The first-order valence-electron chi connectivity index (χ1n) is 9.48. The van der Waals surface area contributed by atoms with Crippen molar-refractivity contribution in [1.82, 2.24) is 15.5 Å². The van der Waals surface area contributed by atoms with Gasteiger partial charge in [-0.15, -0.1) is 10.2 Å². The number of carbonyl (C=O) groups excluding carboxylic acids is 2. The van der Waals surface area contributed by atoms with Crippen LogP contribution >= 0.6 is 11.3 Å². The predicted molar refractivity (Wildman–Crippen MR) is 111 cm³/mol. The van der Waals surface area contributed by atoms with E-state index < -0.39 is 6.04 Å². The molecule has 0 bridgehead atoms. The number of rotatable bonds is 9. The summed E-state index contributed by atoms with van der Waals surface area (Å²) in [5, 5.41) is 14.9. The molecule has 0 saturated carbocycles. The van der Waals surface area contributed by atoms with E-state index in [0.29, 0.717) is 10.1 Å². The molecule has 0 radical (unpaired) electrons. The highest BCUT2D eigenvalue weighted by atomic mass is 32.1. The van der Waals surface area contributed by atoms with Gasteiger partial charge in [-0.05, 0) is 30.9 Å². The van der Waals surface area contributed by atoms with Crippen LogP contribution in [0.25, 0.3) is 10.6 Å². The third kappa shape index (κ3) is 5.51. The lowest BCUT2D eigenvalue weighted by Crippen LogP contribution is -2.48. The number of hydrogen-bond donors (Lipinski definition) is 2. The van der Waals surface area contributed by atoms with Crippen molar-refractivity contribution in [2.45, 2.75) is 46.6 Å². The van der Waals surface area contributed by atoms with E-state index in [2.05, 4.69) is 20.8 Å². The maximum atomic E-state index is 12.7. The molecular weight excluding hydrogens is 376 g/mol. The second-order valence-corrected chi connectivity index (χ2v) is 7.85. The van der Waals surface area contributed by atoms with Crippen molar-refractivity contribution in [2.24, 2.45) is 11.8 Å². The number of amides is 2. The molecule has 1 atom stereocenters. The van der Waals surface area contributed by atoms with E-state index in [1.54, 1.807) is 7.11 Å². The largest absolute Gasteiger partial charge is 0.497 e. The molecule has 0 aliphatic heterocycles. The van der Waals surface area contributed by atoms with Gasteiger partial charge in [-0.3, -0.25) is 14.9 Å². The Labute approximate surface area is 169 Å². The summed E-state index contributed by atoms with van der Waals surface area (Å²) in [4.78, 5) is 25.1. The molecule has 0 saturated heterocycles. The fraction of sp³-hybridized carbons (Fsp3) is 0.500. The van der Waals surface area contributed by atoms with Crippen molar-refractivity contribution < 1.29 is 14.3 Å². The fourth-order valence-corrected chi connectivity index (χ4v) is 3.54. The Morgan fingerprint density at radius 3 is 2.46 bits per heavy atom. The van der Waals surface area contributed by atoms with Gasteiger partial charge >= 0.3 is 0 Å². The number of methoxy groups -OCH3 is 1. The summed E-state index contributed by atoms with van der Waals surface area (Å²) in [6, 6.07) is 6.86. The monoisotopic (exact) mass is 404 g/mol. The van der Waals surface area contributed by atoms with Crippen LogP contribution in [0, 0.1) is 11.8 Å². The molecular formula is C20H28N4O3S. The van der Waals surface area contributed by atoms with Crippen LogP contribution in [0.4, 0.5) is 5.13 Å². The molecule has 2 amide bonds. The van der Waals surface area contributed by atoms with Crippen molar-refractivity contribution in [3.05, 3.63) is 24.3 Å². The van der Waals surface area contributed by atoms with Gasteiger partial charge in [0.2, 0.25) is 16.9 Å². The normalized spacial score (nSPS) is 12.1. The lowest BCUT2D eigenvalue weighted by Gasteiger charge is -2.23. The van der Waals surface area contributed by atoms with E-state index in [0.717, 1.165) is 24.2 Å².